The molecule has 4 rings (SSSR count). The van der Waals surface area contributed by atoms with Gasteiger partial charge in [0.1, 0.15) is 22.9 Å². The third-order valence-electron chi connectivity index (χ3n) is 5.42. The fourth-order valence-electron chi connectivity index (χ4n) is 3.41. The van der Waals surface area contributed by atoms with Crippen molar-refractivity contribution in [1.82, 2.24) is 29.1 Å². The molecule has 0 radical (unpaired) electrons. The molecule has 182 valence electrons. The number of sulfone groups is 1. The van der Waals surface area contributed by atoms with Crippen molar-refractivity contribution in [2.75, 3.05) is 24.7 Å². The van der Waals surface area contributed by atoms with Crippen LogP contribution in [0.25, 0.3) is 28.1 Å². The summed E-state index contributed by atoms with van der Waals surface area (Å²) in [5, 5.41) is 7.20. The third kappa shape index (κ3) is 4.07. The van der Waals surface area contributed by atoms with Gasteiger partial charge in [-0.25, -0.2) is 23.4 Å². The van der Waals surface area contributed by atoms with Crippen LogP contribution in [-0.2, 0) is 27.8 Å². The van der Waals surface area contributed by atoms with E-state index >= 15 is 0 Å². The number of halogens is 3. The number of hydrogen-bond donors (Lipinski definition) is 1. The van der Waals surface area contributed by atoms with Gasteiger partial charge in [-0.3, -0.25) is 0 Å². The van der Waals surface area contributed by atoms with Gasteiger partial charge in [-0.05, 0) is 19.1 Å². The Morgan fingerprint density at radius 3 is 2.65 bits per heavy atom. The van der Waals surface area contributed by atoms with E-state index in [-0.39, 0.29) is 39.4 Å². The Morgan fingerprint density at radius 1 is 1.26 bits per heavy atom. The highest BCUT2D eigenvalue weighted by atomic mass is 32.2. The van der Waals surface area contributed by atoms with Crippen LogP contribution >= 0.6 is 0 Å². The molecule has 4 aromatic rings. The maximum absolute atomic E-state index is 13.2. The number of aryl methyl sites for hydroxylation is 1. The van der Waals surface area contributed by atoms with Crippen LogP contribution < -0.4 is 5.32 Å². The quantitative estimate of drug-likeness (QED) is 0.414. The second-order valence-corrected chi connectivity index (χ2v) is 9.82. The Bertz CT molecular complexity index is 1480. The number of pyridine rings is 1. The van der Waals surface area contributed by atoms with Crippen molar-refractivity contribution in [1.29, 1.82) is 0 Å². The topological polar surface area (TPSA) is 116 Å². The molecule has 10 nitrogen and oxygen atoms in total. The van der Waals surface area contributed by atoms with Crippen LogP contribution in [0.2, 0.25) is 0 Å². The standard InChI is InChI=1S/C20H22F3N7O3S/c1-5-34(31,32)19-16(17-24-7-6-15(30(17)28-19)26-9-11(2)33-4)18-27-12-8-14(20(21,22)23)25-10-13(12)29(18)3/h6-8,10-11,26H,5,9H2,1-4H3. The van der Waals surface area contributed by atoms with Crippen LogP contribution in [0.3, 0.4) is 0 Å². The Morgan fingerprint density at radius 2 is 2.00 bits per heavy atom. The summed E-state index contributed by atoms with van der Waals surface area (Å²) in [6.45, 7) is 3.75. The number of nitrogens with one attached hydrogen (secondary N) is 1. The molecule has 1 atom stereocenters. The van der Waals surface area contributed by atoms with E-state index in [2.05, 4.69) is 25.4 Å². The van der Waals surface area contributed by atoms with Crippen LogP contribution in [0.1, 0.15) is 19.5 Å². The number of anilines is 1. The zero-order chi connectivity index (χ0) is 24.8. The number of alkyl halides is 3. The van der Waals surface area contributed by atoms with Crippen LogP contribution in [0.5, 0.6) is 0 Å². The molecule has 0 amide bonds. The second kappa shape index (κ2) is 8.51. The Kier molecular flexibility index (Phi) is 5.97. The fraction of sp³-hybridized carbons (Fsp3) is 0.400. The number of rotatable bonds is 7. The van der Waals surface area contributed by atoms with Crippen molar-refractivity contribution in [2.24, 2.45) is 7.05 Å². The highest BCUT2D eigenvalue weighted by molar-refractivity contribution is 7.91. The van der Waals surface area contributed by atoms with Crippen LogP contribution in [-0.4, -0.2) is 63.1 Å². The van der Waals surface area contributed by atoms with Crippen LogP contribution in [0.15, 0.2) is 29.6 Å². The lowest BCUT2D eigenvalue weighted by molar-refractivity contribution is -0.141. The Hall–Kier alpha value is -3.26. The van der Waals surface area contributed by atoms with Crippen molar-refractivity contribution in [3.8, 4) is 11.4 Å². The van der Waals surface area contributed by atoms with Crippen LogP contribution in [0, 0.1) is 0 Å². The Balaban J connectivity index is 1.98. The minimum absolute atomic E-state index is 0.0159. The second-order valence-electron chi connectivity index (χ2n) is 7.63. The monoisotopic (exact) mass is 497 g/mol. The first kappa shape index (κ1) is 23.9. The van der Waals surface area contributed by atoms with Gasteiger partial charge in [-0.1, -0.05) is 6.92 Å². The molecule has 1 N–H and O–H groups in total. The summed E-state index contributed by atoms with van der Waals surface area (Å²) in [5.41, 5.74) is -0.502. The van der Waals surface area contributed by atoms with E-state index in [0.717, 1.165) is 12.3 Å². The lowest BCUT2D eigenvalue weighted by Gasteiger charge is -2.12. The number of hydrogen-bond acceptors (Lipinski definition) is 8. The van der Waals surface area contributed by atoms with Crippen molar-refractivity contribution in [3.05, 3.63) is 30.2 Å². The minimum Gasteiger partial charge on any atom is -0.380 e. The van der Waals surface area contributed by atoms with Gasteiger partial charge < -0.3 is 14.6 Å². The highest BCUT2D eigenvalue weighted by Crippen LogP contribution is 2.35. The van der Waals surface area contributed by atoms with Crippen molar-refractivity contribution in [2.45, 2.75) is 31.2 Å². The van der Waals surface area contributed by atoms with E-state index in [1.54, 1.807) is 20.2 Å². The number of aromatic nitrogens is 6. The highest BCUT2D eigenvalue weighted by Gasteiger charge is 2.34. The molecule has 1 unspecified atom stereocenters. The first-order chi connectivity index (χ1) is 16.0. The zero-order valence-corrected chi connectivity index (χ0v) is 19.6. The number of methoxy groups -OCH3 is 1. The molecule has 0 fully saturated rings. The smallest absolute Gasteiger partial charge is 0.380 e. The summed E-state index contributed by atoms with van der Waals surface area (Å²) < 4.78 is 73.4. The van der Waals surface area contributed by atoms with E-state index < -0.39 is 21.7 Å². The molecule has 34 heavy (non-hydrogen) atoms. The van der Waals surface area contributed by atoms with Gasteiger partial charge in [-0.2, -0.15) is 22.8 Å². The Labute approximate surface area is 192 Å². The summed E-state index contributed by atoms with van der Waals surface area (Å²) in [4.78, 5) is 12.1. The molecule has 4 heterocycles. The van der Waals surface area contributed by atoms with Crippen LogP contribution in [0.4, 0.5) is 19.0 Å². The SMILES string of the molecule is CCS(=O)(=O)c1nn2c(NCC(C)OC)ccnc2c1-c1nc2cc(C(F)(F)F)ncc2n1C. The first-order valence-electron chi connectivity index (χ1n) is 10.2. The van der Waals surface area contributed by atoms with Gasteiger partial charge >= 0.3 is 6.18 Å². The molecule has 4 aromatic heterocycles. The van der Waals surface area contributed by atoms with Gasteiger partial charge in [-0.15, -0.1) is 0 Å². The van der Waals surface area contributed by atoms with E-state index in [1.165, 1.54) is 22.2 Å². The van der Waals surface area contributed by atoms with E-state index in [0.29, 0.717) is 17.9 Å². The maximum atomic E-state index is 13.2. The summed E-state index contributed by atoms with van der Waals surface area (Å²) >= 11 is 0. The van der Waals surface area contributed by atoms with Gasteiger partial charge in [0, 0.05) is 26.9 Å². The first-order valence-corrected chi connectivity index (χ1v) is 11.9. The van der Waals surface area contributed by atoms with Gasteiger partial charge in [0.25, 0.3) is 0 Å². The summed E-state index contributed by atoms with van der Waals surface area (Å²) in [6, 6.07) is 2.45. The summed E-state index contributed by atoms with van der Waals surface area (Å²) in [5.74, 6) is 0.331. The predicted octanol–water partition coefficient (Wildman–Crippen LogP) is 2.94. The van der Waals surface area contributed by atoms with Crippen molar-refractivity contribution < 1.29 is 26.3 Å². The third-order valence-corrected chi connectivity index (χ3v) is 7.05. The fourth-order valence-corrected chi connectivity index (χ4v) is 4.38. The predicted molar refractivity (Wildman–Crippen MR) is 118 cm³/mol. The average molecular weight is 498 g/mol. The molecule has 0 saturated heterocycles. The van der Waals surface area contributed by atoms with Crippen molar-refractivity contribution in [3.63, 3.8) is 0 Å². The molecule has 0 aliphatic rings. The summed E-state index contributed by atoms with van der Waals surface area (Å²) in [7, 11) is -0.721. The van der Waals surface area contributed by atoms with E-state index in [1.807, 2.05) is 6.92 Å². The molecular formula is C20H22F3N7O3S. The molecule has 0 aromatic carbocycles. The molecular weight excluding hydrogens is 475 g/mol. The molecule has 14 heteroatoms. The van der Waals surface area contributed by atoms with Gasteiger partial charge in [0.05, 0.1) is 29.1 Å². The molecule has 0 aliphatic heterocycles. The zero-order valence-electron chi connectivity index (χ0n) is 18.8. The van der Waals surface area contributed by atoms with E-state index in [4.69, 9.17) is 4.74 Å². The average Bonchev–Trinajstić information content (AvgIpc) is 3.35. The molecule has 0 bridgehead atoms. The molecule has 0 saturated carbocycles. The number of fused-ring (bicyclic) bond motifs is 2. The molecule has 0 spiro atoms. The van der Waals surface area contributed by atoms with Gasteiger partial charge in [0.15, 0.2) is 20.5 Å². The largest absolute Gasteiger partial charge is 0.433 e. The molecule has 0 aliphatic carbocycles. The van der Waals surface area contributed by atoms with E-state index in [9.17, 15) is 21.6 Å². The van der Waals surface area contributed by atoms with Gasteiger partial charge in [0.2, 0.25) is 0 Å². The normalized spacial score (nSPS) is 13.6. The number of imidazole rings is 1. The lowest BCUT2D eigenvalue weighted by atomic mass is 10.3. The van der Waals surface area contributed by atoms with Crippen molar-refractivity contribution >= 4 is 32.3 Å². The minimum atomic E-state index is -4.64. The number of ether oxygens (including phenoxy) is 1. The summed E-state index contributed by atoms with van der Waals surface area (Å²) in [6.07, 6.45) is -2.24. The lowest BCUT2D eigenvalue weighted by Crippen LogP contribution is -2.19. The number of nitrogens with zero attached hydrogens (tertiary/aromatic N) is 6. The maximum Gasteiger partial charge on any atom is 0.433 e.